The maximum Gasteiger partial charge on any atom is 0.261 e. The molecule has 7 heteroatoms. The molecule has 1 saturated heterocycles. The number of hydrogen-bond acceptors (Lipinski definition) is 4. The van der Waals surface area contributed by atoms with Crippen LogP contribution in [0.5, 0.6) is 5.75 Å². The van der Waals surface area contributed by atoms with Crippen LogP contribution in [0, 0.1) is 18.3 Å². The number of hydrogen-bond donors (Lipinski definition) is 1. The highest BCUT2D eigenvalue weighted by Crippen LogP contribution is 2.32. The van der Waals surface area contributed by atoms with Gasteiger partial charge in [0.2, 0.25) is 0 Å². The van der Waals surface area contributed by atoms with E-state index < -0.39 is 5.82 Å². The Morgan fingerprint density at radius 3 is 2.65 bits per heavy atom. The van der Waals surface area contributed by atoms with E-state index in [-0.39, 0.29) is 11.3 Å². The molecule has 2 aromatic carbocycles. The van der Waals surface area contributed by atoms with Crippen LogP contribution in [-0.4, -0.2) is 29.8 Å². The zero-order valence-electron chi connectivity index (χ0n) is 19.6. The van der Waals surface area contributed by atoms with Crippen LogP contribution in [-0.2, 0) is 13.5 Å². The predicted molar refractivity (Wildman–Crippen MR) is 132 cm³/mol. The Balaban J connectivity index is 1.79. The Kier molecular flexibility index (Phi) is 7.39. The highest BCUT2D eigenvalue weighted by molar-refractivity contribution is 5.81. The average Bonchev–Trinajstić information content (AvgIpc) is 3.14. The summed E-state index contributed by atoms with van der Waals surface area (Å²) >= 11 is 0. The van der Waals surface area contributed by atoms with Crippen molar-refractivity contribution in [1.29, 1.82) is 0 Å². The van der Waals surface area contributed by atoms with Gasteiger partial charge in [0, 0.05) is 13.5 Å². The zero-order valence-corrected chi connectivity index (χ0v) is 19.6. The van der Waals surface area contributed by atoms with Gasteiger partial charge >= 0.3 is 0 Å². The minimum Gasteiger partial charge on any atom is -0.494 e. The van der Waals surface area contributed by atoms with Crippen molar-refractivity contribution in [1.82, 2.24) is 14.9 Å². The van der Waals surface area contributed by atoms with E-state index in [0.717, 1.165) is 37.9 Å². The van der Waals surface area contributed by atoms with Gasteiger partial charge in [-0.2, -0.15) is 0 Å². The van der Waals surface area contributed by atoms with Crippen molar-refractivity contribution in [3.05, 3.63) is 75.9 Å². The molecule has 0 radical (unpaired) electrons. The molecule has 34 heavy (non-hydrogen) atoms. The molecule has 3 aromatic rings. The molecule has 0 aliphatic carbocycles. The van der Waals surface area contributed by atoms with Gasteiger partial charge in [0.15, 0.2) is 17.3 Å². The van der Waals surface area contributed by atoms with Gasteiger partial charge in [-0.1, -0.05) is 30.3 Å². The molecular weight excluding hydrogens is 431 g/mol. The molecule has 0 bridgehead atoms. The molecule has 0 spiro atoms. The van der Waals surface area contributed by atoms with Gasteiger partial charge in [-0.25, -0.2) is 14.2 Å². The Hall–Kier alpha value is -3.50. The molecule has 0 saturated carbocycles. The van der Waals surface area contributed by atoms with Gasteiger partial charge in [0.05, 0.1) is 24.9 Å². The molecular formula is C27H29FN4O2. The van der Waals surface area contributed by atoms with Gasteiger partial charge in [-0.05, 0) is 68.0 Å². The zero-order chi connectivity index (χ0) is 24.1. The summed E-state index contributed by atoms with van der Waals surface area (Å²) in [5.74, 6) is 0.890. The van der Waals surface area contributed by atoms with Crippen LogP contribution < -0.4 is 15.6 Å². The SMILES string of the molecule is [C-]#[N+]c1ccc(-c2nc(CCC3CCCNCC3)n(C)c(=O)c2-c2ccc(OC)c(F)c2)cc1. The van der Waals surface area contributed by atoms with Crippen LogP contribution in [0.4, 0.5) is 10.1 Å². The Bertz CT molecular complexity index is 1250. The molecule has 1 N–H and O–H groups in total. The lowest BCUT2D eigenvalue weighted by Gasteiger charge is -2.18. The number of ether oxygens (including phenoxy) is 1. The van der Waals surface area contributed by atoms with Crippen molar-refractivity contribution in [2.75, 3.05) is 20.2 Å². The summed E-state index contributed by atoms with van der Waals surface area (Å²) in [5, 5.41) is 3.44. The molecule has 6 nitrogen and oxygen atoms in total. The number of rotatable bonds is 6. The number of halogens is 1. The summed E-state index contributed by atoms with van der Waals surface area (Å²) in [5.41, 5.74) is 2.28. The molecule has 0 amide bonds. The third-order valence-electron chi connectivity index (χ3n) is 6.57. The second-order valence-electron chi connectivity index (χ2n) is 8.71. The van der Waals surface area contributed by atoms with E-state index in [1.165, 1.54) is 25.7 Å². The van der Waals surface area contributed by atoms with E-state index in [0.29, 0.717) is 40.7 Å². The monoisotopic (exact) mass is 460 g/mol. The highest BCUT2D eigenvalue weighted by Gasteiger charge is 2.20. The lowest BCUT2D eigenvalue weighted by atomic mass is 9.94. The molecule has 176 valence electrons. The number of methoxy groups -OCH3 is 1. The first-order valence-corrected chi connectivity index (χ1v) is 11.6. The van der Waals surface area contributed by atoms with Crippen LogP contribution in [0.25, 0.3) is 27.2 Å². The van der Waals surface area contributed by atoms with Crippen molar-refractivity contribution in [2.24, 2.45) is 13.0 Å². The molecule has 2 heterocycles. The van der Waals surface area contributed by atoms with Crippen LogP contribution in [0.15, 0.2) is 47.3 Å². The van der Waals surface area contributed by atoms with Gasteiger partial charge in [0.1, 0.15) is 5.82 Å². The fourth-order valence-corrected chi connectivity index (χ4v) is 4.57. The fraction of sp³-hybridized carbons (Fsp3) is 0.370. The maximum absolute atomic E-state index is 14.5. The van der Waals surface area contributed by atoms with Crippen LogP contribution in [0.2, 0.25) is 0 Å². The van der Waals surface area contributed by atoms with E-state index in [2.05, 4.69) is 10.2 Å². The summed E-state index contributed by atoms with van der Waals surface area (Å²) in [6, 6.07) is 11.5. The van der Waals surface area contributed by atoms with Crippen molar-refractivity contribution in [3.63, 3.8) is 0 Å². The first-order valence-electron chi connectivity index (χ1n) is 11.6. The Morgan fingerprint density at radius 2 is 1.94 bits per heavy atom. The smallest absolute Gasteiger partial charge is 0.261 e. The first kappa shape index (κ1) is 23.7. The number of benzene rings is 2. The normalized spacial score (nSPS) is 16.0. The van der Waals surface area contributed by atoms with Crippen molar-refractivity contribution in [2.45, 2.75) is 32.1 Å². The lowest BCUT2D eigenvalue weighted by Crippen LogP contribution is -2.25. The molecule has 1 aromatic heterocycles. The highest BCUT2D eigenvalue weighted by atomic mass is 19.1. The van der Waals surface area contributed by atoms with Crippen molar-refractivity contribution >= 4 is 5.69 Å². The lowest BCUT2D eigenvalue weighted by molar-refractivity contribution is 0.386. The van der Waals surface area contributed by atoms with Gasteiger partial charge in [0.25, 0.3) is 5.56 Å². The van der Waals surface area contributed by atoms with Crippen LogP contribution in [0.1, 0.15) is 31.5 Å². The predicted octanol–water partition coefficient (Wildman–Crippen LogP) is 5.14. The number of aryl methyl sites for hydroxylation is 1. The largest absolute Gasteiger partial charge is 0.494 e. The standard InChI is InChI=1S/C27H29FN4O2/c1-29-21-10-7-19(8-11-21)26-25(20-9-12-23(34-3)22(28)17-20)27(33)32(2)24(31-26)13-6-18-5-4-15-30-16-14-18/h7-12,17-18,30H,4-6,13-16H2,2-3H3. The van der Waals surface area contributed by atoms with Crippen molar-refractivity contribution < 1.29 is 9.13 Å². The minimum absolute atomic E-state index is 0.117. The van der Waals surface area contributed by atoms with E-state index >= 15 is 0 Å². The first-order chi connectivity index (χ1) is 16.5. The van der Waals surface area contributed by atoms with Gasteiger partial charge < -0.3 is 10.1 Å². The second kappa shape index (κ2) is 10.6. The van der Waals surface area contributed by atoms with Gasteiger partial charge in [-0.3, -0.25) is 9.36 Å². The summed E-state index contributed by atoms with van der Waals surface area (Å²) in [7, 11) is 3.14. The molecule has 4 rings (SSSR count). The third kappa shape index (κ3) is 5.02. The average molecular weight is 461 g/mol. The number of nitrogens with zero attached hydrogens (tertiary/aromatic N) is 3. The number of aromatic nitrogens is 2. The number of nitrogens with one attached hydrogen (secondary N) is 1. The third-order valence-corrected chi connectivity index (χ3v) is 6.57. The molecule has 1 fully saturated rings. The summed E-state index contributed by atoms with van der Waals surface area (Å²) in [6.07, 6.45) is 5.13. The fourth-order valence-electron chi connectivity index (χ4n) is 4.57. The molecule has 1 aliphatic rings. The van der Waals surface area contributed by atoms with E-state index in [1.54, 1.807) is 41.9 Å². The maximum atomic E-state index is 14.5. The summed E-state index contributed by atoms with van der Waals surface area (Å²) in [6.45, 7) is 9.31. The molecule has 1 aliphatic heterocycles. The molecule has 1 atom stereocenters. The quantitative estimate of drug-likeness (QED) is 0.518. The van der Waals surface area contributed by atoms with E-state index in [1.807, 2.05) is 0 Å². The summed E-state index contributed by atoms with van der Waals surface area (Å²) < 4.78 is 21.2. The van der Waals surface area contributed by atoms with Crippen molar-refractivity contribution in [3.8, 4) is 28.1 Å². The van der Waals surface area contributed by atoms with Crippen LogP contribution in [0.3, 0.4) is 0 Å². The van der Waals surface area contributed by atoms with E-state index in [9.17, 15) is 9.18 Å². The molecule has 1 unspecified atom stereocenters. The minimum atomic E-state index is -0.539. The summed E-state index contributed by atoms with van der Waals surface area (Å²) in [4.78, 5) is 22.0. The Labute approximate surface area is 199 Å². The Morgan fingerprint density at radius 1 is 1.18 bits per heavy atom. The second-order valence-corrected chi connectivity index (χ2v) is 8.71. The van der Waals surface area contributed by atoms with E-state index in [4.69, 9.17) is 16.3 Å². The van der Waals surface area contributed by atoms with Crippen LogP contribution >= 0.6 is 0 Å². The van der Waals surface area contributed by atoms with Gasteiger partial charge in [-0.15, -0.1) is 0 Å². The topological polar surface area (TPSA) is 60.5 Å².